The van der Waals surface area contributed by atoms with Crippen molar-refractivity contribution in [1.82, 2.24) is 9.78 Å². The lowest BCUT2D eigenvalue weighted by atomic mass is 10.2. The van der Waals surface area contributed by atoms with Crippen molar-refractivity contribution in [3.05, 3.63) is 90.6 Å². The lowest BCUT2D eigenvalue weighted by Gasteiger charge is -2.13. The molecule has 174 valence electrons. The first kappa shape index (κ1) is 23.1. The number of aromatic nitrogens is 2. The van der Waals surface area contributed by atoms with Crippen LogP contribution in [0.15, 0.2) is 90.0 Å². The number of methoxy groups -OCH3 is 1. The third-order valence-electron chi connectivity index (χ3n) is 5.02. The van der Waals surface area contributed by atoms with Crippen molar-refractivity contribution in [3.63, 3.8) is 0 Å². The number of nitrogens with zero attached hydrogens (tertiary/aromatic N) is 2. The molecule has 8 nitrogen and oxygen atoms in total. The van der Waals surface area contributed by atoms with Crippen LogP contribution in [0, 0.1) is 0 Å². The molecule has 0 aliphatic heterocycles. The predicted molar refractivity (Wildman–Crippen MR) is 131 cm³/mol. The SMILES string of the molecule is COc1ccc(NC(C)=O)cc1NS(=O)(=O)c1cn(Cc2ccccc2)nc1-c1ccccc1. The van der Waals surface area contributed by atoms with Gasteiger partial charge in [0.2, 0.25) is 5.91 Å². The molecular formula is C25H24N4O4S. The normalized spacial score (nSPS) is 11.1. The molecule has 0 atom stereocenters. The number of hydrogen-bond acceptors (Lipinski definition) is 5. The molecule has 4 rings (SSSR count). The Hall–Kier alpha value is -4.11. The van der Waals surface area contributed by atoms with E-state index in [9.17, 15) is 13.2 Å². The zero-order valence-electron chi connectivity index (χ0n) is 18.7. The second-order valence-electron chi connectivity index (χ2n) is 7.59. The summed E-state index contributed by atoms with van der Waals surface area (Å²) in [6.07, 6.45) is 1.52. The summed E-state index contributed by atoms with van der Waals surface area (Å²) in [4.78, 5) is 11.5. The Kier molecular flexibility index (Phi) is 6.65. The van der Waals surface area contributed by atoms with Gasteiger partial charge < -0.3 is 10.1 Å². The van der Waals surface area contributed by atoms with Crippen molar-refractivity contribution in [2.75, 3.05) is 17.1 Å². The molecule has 0 saturated carbocycles. The predicted octanol–water partition coefficient (Wildman–Crippen LogP) is 4.37. The number of ether oxygens (including phenoxy) is 1. The molecule has 9 heteroatoms. The van der Waals surface area contributed by atoms with E-state index >= 15 is 0 Å². The molecule has 34 heavy (non-hydrogen) atoms. The Labute approximate surface area is 198 Å². The van der Waals surface area contributed by atoms with E-state index in [-0.39, 0.29) is 16.5 Å². The van der Waals surface area contributed by atoms with Crippen molar-refractivity contribution in [1.29, 1.82) is 0 Å². The van der Waals surface area contributed by atoms with Gasteiger partial charge in [-0.15, -0.1) is 0 Å². The van der Waals surface area contributed by atoms with Crippen molar-refractivity contribution in [2.24, 2.45) is 0 Å². The summed E-state index contributed by atoms with van der Waals surface area (Å²) in [5.74, 6) is 0.0446. The first-order valence-corrected chi connectivity index (χ1v) is 12.0. The number of anilines is 2. The Bertz CT molecular complexity index is 1400. The average molecular weight is 477 g/mol. The molecule has 0 unspecified atom stereocenters. The highest BCUT2D eigenvalue weighted by molar-refractivity contribution is 7.92. The van der Waals surface area contributed by atoms with E-state index in [0.29, 0.717) is 29.2 Å². The lowest BCUT2D eigenvalue weighted by molar-refractivity contribution is -0.114. The molecule has 0 aliphatic rings. The van der Waals surface area contributed by atoms with E-state index in [1.165, 1.54) is 26.3 Å². The number of rotatable bonds is 8. The minimum atomic E-state index is -4.07. The number of hydrogen-bond donors (Lipinski definition) is 2. The van der Waals surface area contributed by atoms with Crippen LogP contribution in [-0.2, 0) is 21.4 Å². The second-order valence-corrected chi connectivity index (χ2v) is 9.24. The summed E-state index contributed by atoms with van der Waals surface area (Å²) in [7, 11) is -2.62. The highest BCUT2D eigenvalue weighted by Gasteiger charge is 2.25. The Balaban J connectivity index is 1.75. The minimum absolute atomic E-state index is 0.0293. The largest absolute Gasteiger partial charge is 0.495 e. The Morgan fingerprint density at radius 1 is 1.00 bits per heavy atom. The molecule has 0 bridgehead atoms. The second kappa shape index (κ2) is 9.80. The van der Waals surface area contributed by atoms with Crippen LogP contribution < -0.4 is 14.8 Å². The van der Waals surface area contributed by atoms with Gasteiger partial charge in [-0.3, -0.25) is 14.2 Å². The smallest absolute Gasteiger partial charge is 0.265 e. The number of carbonyl (C=O) groups is 1. The van der Waals surface area contributed by atoms with Crippen LogP contribution in [0.2, 0.25) is 0 Å². The molecule has 0 saturated heterocycles. The van der Waals surface area contributed by atoms with E-state index in [2.05, 4.69) is 15.1 Å². The molecule has 0 fully saturated rings. The number of carbonyl (C=O) groups excluding carboxylic acids is 1. The van der Waals surface area contributed by atoms with Gasteiger partial charge in [-0.2, -0.15) is 5.10 Å². The maximum Gasteiger partial charge on any atom is 0.265 e. The van der Waals surface area contributed by atoms with Gasteiger partial charge in [-0.05, 0) is 23.8 Å². The molecule has 2 N–H and O–H groups in total. The summed E-state index contributed by atoms with van der Waals surface area (Å²) in [6.45, 7) is 1.79. The number of benzene rings is 3. The van der Waals surface area contributed by atoms with Crippen LogP contribution in [0.4, 0.5) is 11.4 Å². The fourth-order valence-corrected chi connectivity index (χ4v) is 4.75. The minimum Gasteiger partial charge on any atom is -0.495 e. The first-order chi connectivity index (χ1) is 16.4. The summed E-state index contributed by atoms with van der Waals surface area (Å²) in [5.41, 5.74) is 2.64. The van der Waals surface area contributed by atoms with Gasteiger partial charge >= 0.3 is 0 Å². The third-order valence-corrected chi connectivity index (χ3v) is 6.38. The molecule has 0 spiro atoms. The molecule has 4 aromatic rings. The maximum absolute atomic E-state index is 13.6. The number of nitrogens with one attached hydrogen (secondary N) is 2. The number of amides is 1. The van der Waals surface area contributed by atoms with Gasteiger partial charge in [-0.25, -0.2) is 8.42 Å². The molecule has 1 aromatic heterocycles. The van der Waals surface area contributed by atoms with Crippen LogP contribution in [0.1, 0.15) is 12.5 Å². The fraction of sp³-hybridized carbons (Fsp3) is 0.120. The molecular weight excluding hydrogens is 452 g/mol. The standard InChI is InChI=1S/C25H24N4O4S/c1-18(30)26-21-13-14-23(33-2)22(15-21)28-34(31,32)24-17-29(16-19-9-5-3-6-10-19)27-25(24)20-11-7-4-8-12-20/h3-15,17,28H,16H2,1-2H3,(H,26,30). The Morgan fingerprint density at radius 2 is 1.68 bits per heavy atom. The van der Waals surface area contributed by atoms with Gasteiger partial charge in [0, 0.05) is 24.4 Å². The first-order valence-electron chi connectivity index (χ1n) is 10.5. The fourth-order valence-electron chi connectivity index (χ4n) is 3.52. The molecule has 3 aromatic carbocycles. The van der Waals surface area contributed by atoms with Gasteiger partial charge in [0.25, 0.3) is 10.0 Å². The highest BCUT2D eigenvalue weighted by Crippen LogP contribution is 2.32. The highest BCUT2D eigenvalue weighted by atomic mass is 32.2. The zero-order chi connectivity index (χ0) is 24.1. The topological polar surface area (TPSA) is 102 Å². The maximum atomic E-state index is 13.6. The van der Waals surface area contributed by atoms with Crippen molar-refractivity contribution < 1.29 is 17.9 Å². The molecule has 0 aliphatic carbocycles. The third kappa shape index (κ3) is 5.26. The Morgan fingerprint density at radius 3 is 2.32 bits per heavy atom. The summed E-state index contributed by atoms with van der Waals surface area (Å²) in [6, 6.07) is 23.5. The van der Waals surface area contributed by atoms with Gasteiger partial charge in [0.05, 0.1) is 19.3 Å². The summed E-state index contributed by atoms with van der Waals surface area (Å²) in [5, 5.41) is 7.24. The van der Waals surface area contributed by atoms with Gasteiger partial charge in [-0.1, -0.05) is 60.7 Å². The average Bonchev–Trinajstić information content (AvgIpc) is 3.25. The van der Waals surface area contributed by atoms with E-state index in [4.69, 9.17) is 4.74 Å². The van der Waals surface area contributed by atoms with Crippen molar-refractivity contribution in [3.8, 4) is 17.0 Å². The molecule has 1 amide bonds. The van der Waals surface area contributed by atoms with Crippen LogP contribution in [0.5, 0.6) is 5.75 Å². The molecule has 1 heterocycles. The van der Waals surface area contributed by atoms with E-state index in [0.717, 1.165) is 5.56 Å². The van der Waals surface area contributed by atoms with Crippen molar-refractivity contribution in [2.45, 2.75) is 18.4 Å². The van der Waals surface area contributed by atoms with E-state index in [1.807, 2.05) is 60.7 Å². The van der Waals surface area contributed by atoms with Crippen LogP contribution in [0.3, 0.4) is 0 Å². The summed E-state index contributed by atoms with van der Waals surface area (Å²) >= 11 is 0. The lowest BCUT2D eigenvalue weighted by Crippen LogP contribution is -2.15. The van der Waals surface area contributed by atoms with Crippen LogP contribution in [0.25, 0.3) is 11.3 Å². The zero-order valence-corrected chi connectivity index (χ0v) is 19.5. The van der Waals surface area contributed by atoms with Crippen LogP contribution in [-0.4, -0.2) is 31.2 Å². The van der Waals surface area contributed by atoms with E-state index in [1.54, 1.807) is 16.8 Å². The quantitative estimate of drug-likeness (QED) is 0.393. The van der Waals surface area contributed by atoms with Gasteiger partial charge in [0.1, 0.15) is 16.3 Å². The van der Waals surface area contributed by atoms with Crippen molar-refractivity contribution >= 4 is 27.3 Å². The molecule has 0 radical (unpaired) electrons. The number of sulfonamides is 1. The van der Waals surface area contributed by atoms with Gasteiger partial charge in [0.15, 0.2) is 0 Å². The van der Waals surface area contributed by atoms with Crippen LogP contribution >= 0.6 is 0 Å². The summed E-state index contributed by atoms with van der Waals surface area (Å²) < 4.78 is 36.6. The monoisotopic (exact) mass is 476 g/mol. The van der Waals surface area contributed by atoms with E-state index < -0.39 is 10.0 Å².